The average molecular weight is 443 g/mol. The number of fused-ring (bicyclic) bond motifs is 1. The van der Waals surface area contributed by atoms with Gasteiger partial charge in [-0.2, -0.15) is 11.3 Å². The van der Waals surface area contributed by atoms with Crippen molar-refractivity contribution < 1.29 is 19.1 Å². The second-order valence-corrected chi connectivity index (χ2v) is 10.2. The smallest absolute Gasteiger partial charge is 0.410 e. The first-order valence-electron chi connectivity index (χ1n) is 10.7. The van der Waals surface area contributed by atoms with Gasteiger partial charge in [0.05, 0.1) is 0 Å². The SMILES string of the molecule is CC(C)(C)OC(=O)N1CCC2C(C1)C2(CNC(=O)OCc1ccccc1)c1ccsc1. The quantitative estimate of drug-likeness (QED) is 0.722. The van der Waals surface area contributed by atoms with Gasteiger partial charge in [-0.05, 0) is 67.0 Å². The number of thiophene rings is 1. The van der Waals surface area contributed by atoms with Crippen LogP contribution in [0.25, 0.3) is 0 Å². The molecule has 1 N–H and O–H groups in total. The van der Waals surface area contributed by atoms with Crippen molar-refractivity contribution in [3.8, 4) is 0 Å². The zero-order chi connectivity index (χ0) is 22.1. The number of nitrogens with one attached hydrogen (secondary N) is 1. The number of hydrogen-bond acceptors (Lipinski definition) is 5. The van der Waals surface area contributed by atoms with E-state index in [0.717, 1.165) is 12.0 Å². The average Bonchev–Trinajstić information content (AvgIpc) is 3.07. The number of carbonyl (C=O) groups is 2. The van der Waals surface area contributed by atoms with Gasteiger partial charge in [0.15, 0.2) is 0 Å². The van der Waals surface area contributed by atoms with Gasteiger partial charge in [-0.3, -0.25) is 0 Å². The number of amides is 2. The molecule has 2 heterocycles. The van der Waals surface area contributed by atoms with E-state index in [9.17, 15) is 9.59 Å². The summed E-state index contributed by atoms with van der Waals surface area (Å²) in [4.78, 5) is 26.8. The molecule has 2 aromatic rings. The number of rotatable bonds is 5. The predicted octanol–water partition coefficient (Wildman–Crippen LogP) is 4.80. The van der Waals surface area contributed by atoms with Crippen molar-refractivity contribution in [1.29, 1.82) is 0 Å². The van der Waals surface area contributed by atoms with E-state index in [1.807, 2.05) is 56.0 Å². The lowest BCUT2D eigenvalue weighted by molar-refractivity contribution is 0.0206. The first-order valence-corrected chi connectivity index (χ1v) is 11.7. The van der Waals surface area contributed by atoms with Crippen LogP contribution in [0.4, 0.5) is 9.59 Å². The Morgan fingerprint density at radius 3 is 2.65 bits per heavy atom. The molecule has 3 atom stereocenters. The fourth-order valence-corrected chi connectivity index (χ4v) is 5.53. The van der Waals surface area contributed by atoms with Crippen LogP contribution in [-0.2, 0) is 21.5 Å². The zero-order valence-corrected chi connectivity index (χ0v) is 19.1. The van der Waals surface area contributed by atoms with Crippen molar-refractivity contribution in [2.24, 2.45) is 11.8 Å². The molecule has 1 aliphatic heterocycles. The highest BCUT2D eigenvalue weighted by molar-refractivity contribution is 7.08. The normalized spacial score (nSPS) is 24.8. The highest BCUT2D eigenvalue weighted by atomic mass is 32.1. The van der Waals surface area contributed by atoms with Crippen LogP contribution in [0.5, 0.6) is 0 Å². The molecule has 31 heavy (non-hydrogen) atoms. The minimum absolute atomic E-state index is 0.150. The highest BCUT2D eigenvalue weighted by Gasteiger charge is 2.67. The number of nitrogens with zero attached hydrogens (tertiary/aromatic N) is 1. The van der Waals surface area contributed by atoms with E-state index in [1.165, 1.54) is 5.56 Å². The number of benzene rings is 1. The Balaban J connectivity index is 1.39. The van der Waals surface area contributed by atoms with Crippen molar-refractivity contribution in [3.63, 3.8) is 0 Å². The number of carbonyl (C=O) groups excluding carboxylic acids is 2. The van der Waals surface area contributed by atoms with Gasteiger partial charge < -0.3 is 19.7 Å². The van der Waals surface area contributed by atoms with E-state index in [2.05, 4.69) is 22.1 Å². The number of likely N-dealkylation sites (tertiary alicyclic amines) is 1. The van der Waals surface area contributed by atoms with Gasteiger partial charge in [-0.1, -0.05) is 30.3 Å². The summed E-state index contributed by atoms with van der Waals surface area (Å²) in [5.74, 6) is 0.744. The van der Waals surface area contributed by atoms with Gasteiger partial charge in [-0.25, -0.2) is 9.59 Å². The molecule has 1 aromatic carbocycles. The third-order valence-electron chi connectivity index (χ3n) is 6.28. The van der Waals surface area contributed by atoms with Crippen LogP contribution in [0.1, 0.15) is 38.3 Å². The van der Waals surface area contributed by atoms with Gasteiger partial charge in [-0.15, -0.1) is 0 Å². The summed E-state index contributed by atoms with van der Waals surface area (Å²) in [6, 6.07) is 11.8. The maximum absolute atomic E-state index is 12.6. The molecule has 0 spiro atoms. The standard InChI is InChI=1S/C24H30N2O4S/c1-23(2,3)30-22(28)26-11-9-19-20(13-26)24(19,18-10-12-31-15-18)16-25-21(27)29-14-17-7-5-4-6-8-17/h4-8,10,12,15,19-20H,9,11,13-14,16H2,1-3H3,(H,25,27). The maximum atomic E-state index is 12.6. The monoisotopic (exact) mass is 442 g/mol. The number of ether oxygens (including phenoxy) is 2. The third-order valence-corrected chi connectivity index (χ3v) is 6.96. The molecule has 1 aliphatic carbocycles. The van der Waals surface area contributed by atoms with Crippen molar-refractivity contribution >= 4 is 23.5 Å². The Kier molecular flexibility index (Phi) is 5.97. The lowest BCUT2D eigenvalue weighted by Gasteiger charge is -2.29. The topological polar surface area (TPSA) is 67.9 Å². The van der Waals surface area contributed by atoms with E-state index >= 15 is 0 Å². The first kappa shape index (κ1) is 21.7. The van der Waals surface area contributed by atoms with Gasteiger partial charge in [0.1, 0.15) is 12.2 Å². The van der Waals surface area contributed by atoms with Crippen LogP contribution >= 0.6 is 11.3 Å². The molecule has 2 aliphatic rings. The maximum Gasteiger partial charge on any atom is 0.410 e. The summed E-state index contributed by atoms with van der Waals surface area (Å²) in [5.41, 5.74) is 1.54. The Bertz CT molecular complexity index is 909. The van der Waals surface area contributed by atoms with Crippen molar-refractivity contribution in [2.75, 3.05) is 19.6 Å². The molecule has 1 saturated carbocycles. The van der Waals surface area contributed by atoms with Gasteiger partial charge >= 0.3 is 12.2 Å². The van der Waals surface area contributed by atoms with Crippen LogP contribution in [0.15, 0.2) is 47.2 Å². The van der Waals surface area contributed by atoms with Gasteiger partial charge in [0, 0.05) is 25.0 Å². The van der Waals surface area contributed by atoms with Crippen molar-refractivity contribution in [1.82, 2.24) is 10.2 Å². The molecule has 1 saturated heterocycles. The molecular formula is C24H30N2O4S. The van der Waals surface area contributed by atoms with Crippen LogP contribution in [0, 0.1) is 11.8 Å². The highest BCUT2D eigenvalue weighted by Crippen LogP contribution is 2.63. The van der Waals surface area contributed by atoms with Gasteiger partial charge in [0.2, 0.25) is 0 Å². The van der Waals surface area contributed by atoms with Gasteiger partial charge in [0.25, 0.3) is 0 Å². The molecule has 1 aromatic heterocycles. The fourth-order valence-electron chi connectivity index (χ4n) is 4.78. The minimum Gasteiger partial charge on any atom is -0.445 e. The van der Waals surface area contributed by atoms with E-state index in [-0.39, 0.29) is 18.1 Å². The molecule has 3 unspecified atom stereocenters. The predicted molar refractivity (Wildman–Crippen MR) is 120 cm³/mol. The molecular weight excluding hydrogens is 412 g/mol. The van der Waals surface area contributed by atoms with Crippen LogP contribution < -0.4 is 5.32 Å². The number of hydrogen-bond donors (Lipinski definition) is 1. The van der Waals surface area contributed by atoms with Crippen molar-refractivity contribution in [3.05, 3.63) is 58.3 Å². The van der Waals surface area contributed by atoms with Crippen LogP contribution in [0.2, 0.25) is 0 Å². The number of alkyl carbamates (subject to hydrolysis) is 1. The molecule has 6 nitrogen and oxygen atoms in total. The van der Waals surface area contributed by atoms with Crippen LogP contribution in [0.3, 0.4) is 0 Å². The molecule has 2 fully saturated rings. The number of piperidine rings is 1. The third kappa shape index (κ3) is 4.71. The zero-order valence-electron chi connectivity index (χ0n) is 18.3. The second kappa shape index (κ2) is 8.54. The summed E-state index contributed by atoms with van der Waals surface area (Å²) >= 11 is 1.66. The largest absolute Gasteiger partial charge is 0.445 e. The van der Waals surface area contributed by atoms with E-state index < -0.39 is 11.7 Å². The van der Waals surface area contributed by atoms with Crippen molar-refractivity contribution in [2.45, 2.75) is 44.8 Å². The Morgan fingerprint density at radius 1 is 1.19 bits per heavy atom. The molecule has 0 bridgehead atoms. The molecule has 4 rings (SSSR count). The lowest BCUT2D eigenvalue weighted by atomic mass is 9.93. The summed E-state index contributed by atoms with van der Waals surface area (Å²) in [6.07, 6.45) is 0.235. The van der Waals surface area contributed by atoms with Crippen LogP contribution in [-0.4, -0.2) is 42.3 Å². The minimum atomic E-state index is -0.508. The summed E-state index contributed by atoms with van der Waals surface area (Å²) in [7, 11) is 0. The molecule has 2 amide bonds. The Labute approximate surface area is 187 Å². The summed E-state index contributed by atoms with van der Waals surface area (Å²) in [6.45, 7) is 7.74. The van der Waals surface area contributed by atoms with E-state index in [1.54, 1.807) is 11.3 Å². The molecule has 166 valence electrons. The Hall–Kier alpha value is -2.54. The summed E-state index contributed by atoms with van der Waals surface area (Å²) < 4.78 is 11.0. The summed E-state index contributed by atoms with van der Waals surface area (Å²) in [5, 5.41) is 7.22. The van der Waals surface area contributed by atoms with E-state index in [0.29, 0.717) is 31.5 Å². The molecule has 7 heteroatoms. The Morgan fingerprint density at radius 2 is 1.97 bits per heavy atom. The first-order chi connectivity index (χ1) is 14.8. The second-order valence-electron chi connectivity index (χ2n) is 9.40. The molecule has 0 radical (unpaired) electrons. The van der Waals surface area contributed by atoms with E-state index in [4.69, 9.17) is 9.47 Å². The lowest BCUT2D eigenvalue weighted by Crippen LogP contribution is -2.41. The fraction of sp³-hybridized carbons (Fsp3) is 0.500.